The molecule has 0 saturated carbocycles. The van der Waals surface area contributed by atoms with Gasteiger partial charge in [0.25, 0.3) is 0 Å². The van der Waals surface area contributed by atoms with Crippen LogP contribution in [0, 0.1) is 5.92 Å². The van der Waals surface area contributed by atoms with Crippen molar-refractivity contribution in [1.82, 2.24) is 10.2 Å². The summed E-state index contributed by atoms with van der Waals surface area (Å²) in [6.45, 7) is 5.09. The molecule has 0 fully saturated rings. The number of amides is 2. The van der Waals surface area contributed by atoms with Gasteiger partial charge in [-0.1, -0.05) is 26.7 Å². The molecule has 72 valence electrons. The Morgan fingerprint density at radius 2 is 1.83 bits per heavy atom. The molecule has 0 aromatic rings. The number of rotatable bonds is 4. The lowest BCUT2D eigenvalue weighted by atomic mass is 10.0. The zero-order chi connectivity index (χ0) is 9.56. The largest absolute Gasteiger partial charge is 0.338 e. The maximum atomic E-state index is 11.1. The lowest BCUT2D eigenvalue weighted by Gasteiger charge is -2.16. The molecule has 2 amide bonds. The maximum Gasteiger partial charge on any atom is 0.316 e. The Kier molecular flexibility index (Phi) is 5.51. The van der Waals surface area contributed by atoms with E-state index in [2.05, 4.69) is 19.2 Å². The van der Waals surface area contributed by atoms with Gasteiger partial charge in [-0.2, -0.15) is 0 Å². The fourth-order valence-corrected chi connectivity index (χ4v) is 0.967. The van der Waals surface area contributed by atoms with Crippen LogP contribution in [0.15, 0.2) is 0 Å². The van der Waals surface area contributed by atoms with E-state index in [1.54, 1.807) is 19.0 Å². The second-order valence-electron chi connectivity index (χ2n) is 3.26. The quantitative estimate of drug-likeness (QED) is 0.687. The van der Waals surface area contributed by atoms with Crippen LogP contribution in [0.1, 0.15) is 26.7 Å². The smallest absolute Gasteiger partial charge is 0.316 e. The molecule has 0 aliphatic carbocycles. The van der Waals surface area contributed by atoms with Crippen molar-refractivity contribution in [3.63, 3.8) is 0 Å². The molecular formula is C9H20N2O. The highest BCUT2D eigenvalue weighted by Gasteiger charge is 2.06. The molecule has 0 spiro atoms. The minimum Gasteiger partial charge on any atom is -0.338 e. The van der Waals surface area contributed by atoms with E-state index >= 15 is 0 Å². The fraction of sp³-hybridized carbons (Fsp3) is 0.889. The SMILES string of the molecule is CCC(CC)CNC(=O)N(C)C. The van der Waals surface area contributed by atoms with Gasteiger partial charge in [0.1, 0.15) is 0 Å². The van der Waals surface area contributed by atoms with Crippen molar-refractivity contribution in [2.24, 2.45) is 5.92 Å². The molecule has 0 radical (unpaired) electrons. The Morgan fingerprint density at radius 3 is 2.17 bits per heavy atom. The van der Waals surface area contributed by atoms with Gasteiger partial charge in [0, 0.05) is 20.6 Å². The third-order valence-corrected chi connectivity index (χ3v) is 2.10. The first-order valence-electron chi connectivity index (χ1n) is 4.56. The maximum absolute atomic E-state index is 11.1. The lowest BCUT2D eigenvalue weighted by molar-refractivity contribution is 0.215. The molecule has 3 heteroatoms. The van der Waals surface area contributed by atoms with E-state index in [0.717, 1.165) is 19.4 Å². The van der Waals surface area contributed by atoms with Crippen molar-refractivity contribution in [3.05, 3.63) is 0 Å². The van der Waals surface area contributed by atoms with Gasteiger partial charge in [0.05, 0.1) is 0 Å². The molecule has 3 nitrogen and oxygen atoms in total. The van der Waals surface area contributed by atoms with Crippen LogP contribution in [-0.2, 0) is 0 Å². The normalized spacial score (nSPS) is 10.1. The van der Waals surface area contributed by atoms with Gasteiger partial charge in [0.2, 0.25) is 0 Å². The molecule has 0 bridgehead atoms. The summed E-state index contributed by atoms with van der Waals surface area (Å²) in [4.78, 5) is 12.7. The predicted molar refractivity (Wildman–Crippen MR) is 51.2 cm³/mol. The Labute approximate surface area is 75.1 Å². The summed E-state index contributed by atoms with van der Waals surface area (Å²) in [7, 11) is 3.50. The van der Waals surface area contributed by atoms with E-state index < -0.39 is 0 Å². The van der Waals surface area contributed by atoms with Gasteiger partial charge in [-0.15, -0.1) is 0 Å². The molecule has 0 aliphatic rings. The Bertz CT molecular complexity index is 130. The van der Waals surface area contributed by atoms with Crippen molar-refractivity contribution in [1.29, 1.82) is 0 Å². The standard InChI is InChI=1S/C9H20N2O/c1-5-8(6-2)7-10-9(12)11(3)4/h8H,5-7H2,1-4H3,(H,10,12). The molecule has 0 rings (SSSR count). The van der Waals surface area contributed by atoms with Crippen molar-refractivity contribution < 1.29 is 4.79 Å². The van der Waals surface area contributed by atoms with Gasteiger partial charge < -0.3 is 10.2 Å². The number of hydrogen-bond donors (Lipinski definition) is 1. The lowest BCUT2D eigenvalue weighted by Crippen LogP contribution is -2.37. The van der Waals surface area contributed by atoms with Crippen LogP contribution in [-0.4, -0.2) is 31.6 Å². The van der Waals surface area contributed by atoms with Crippen LogP contribution in [0.3, 0.4) is 0 Å². The van der Waals surface area contributed by atoms with E-state index in [1.165, 1.54) is 0 Å². The highest BCUT2D eigenvalue weighted by Crippen LogP contribution is 2.04. The zero-order valence-electron chi connectivity index (χ0n) is 8.55. The van der Waals surface area contributed by atoms with E-state index in [0.29, 0.717) is 5.92 Å². The van der Waals surface area contributed by atoms with Crippen molar-refractivity contribution in [2.45, 2.75) is 26.7 Å². The molecule has 0 aromatic heterocycles. The molecule has 12 heavy (non-hydrogen) atoms. The zero-order valence-corrected chi connectivity index (χ0v) is 8.55. The van der Waals surface area contributed by atoms with Gasteiger partial charge >= 0.3 is 6.03 Å². The summed E-state index contributed by atoms with van der Waals surface area (Å²) in [5.41, 5.74) is 0. The highest BCUT2D eigenvalue weighted by molar-refractivity contribution is 5.73. The number of hydrogen-bond acceptors (Lipinski definition) is 1. The molecule has 0 unspecified atom stereocenters. The molecular weight excluding hydrogens is 152 g/mol. The van der Waals surface area contributed by atoms with Gasteiger partial charge in [-0.05, 0) is 5.92 Å². The highest BCUT2D eigenvalue weighted by atomic mass is 16.2. The minimum absolute atomic E-state index is 0.00176. The monoisotopic (exact) mass is 172 g/mol. The van der Waals surface area contributed by atoms with Crippen LogP contribution in [0.25, 0.3) is 0 Å². The second-order valence-corrected chi connectivity index (χ2v) is 3.26. The third-order valence-electron chi connectivity index (χ3n) is 2.10. The van der Waals surface area contributed by atoms with Gasteiger partial charge in [0.15, 0.2) is 0 Å². The predicted octanol–water partition coefficient (Wildman–Crippen LogP) is 1.69. The van der Waals surface area contributed by atoms with Crippen LogP contribution >= 0.6 is 0 Å². The van der Waals surface area contributed by atoms with Crippen LogP contribution in [0.2, 0.25) is 0 Å². The summed E-state index contributed by atoms with van der Waals surface area (Å²) in [5, 5.41) is 2.87. The van der Waals surface area contributed by atoms with E-state index in [9.17, 15) is 4.79 Å². The third kappa shape index (κ3) is 4.21. The molecule has 0 aromatic carbocycles. The molecule has 0 saturated heterocycles. The Balaban J connectivity index is 3.59. The number of nitrogens with zero attached hydrogens (tertiary/aromatic N) is 1. The van der Waals surface area contributed by atoms with Gasteiger partial charge in [-0.3, -0.25) is 0 Å². The Hall–Kier alpha value is -0.730. The summed E-state index contributed by atoms with van der Waals surface area (Å²) in [6, 6.07) is 0.00176. The molecule has 0 aliphatic heterocycles. The van der Waals surface area contributed by atoms with Crippen LogP contribution in [0.4, 0.5) is 4.79 Å². The average molecular weight is 172 g/mol. The first kappa shape index (κ1) is 11.3. The van der Waals surface area contributed by atoms with Crippen molar-refractivity contribution >= 4 is 6.03 Å². The molecule has 1 N–H and O–H groups in total. The summed E-state index contributed by atoms with van der Waals surface area (Å²) >= 11 is 0. The first-order valence-corrected chi connectivity index (χ1v) is 4.56. The summed E-state index contributed by atoms with van der Waals surface area (Å²) in [5.74, 6) is 0.619. The second kappa shape index (κ2) is 5.86. The topological polar surface area (TPSA) is 32.3 Å². The minimum atomic E-state index is 0.00176. The van der Waals surface area contributed by atoms with E-state index in [1.807, 2.05) is 0 Å². The van der Waals surface area contributed by atoms with Crippen molar-refractivity contribution in [2.75, 3.05) is 20.6 Å². The number of urea groups is 1. The summed E-state index contributed by atoms with van der Waals surface area (Å²) < 4.78 is 0. The summed E-state index contributed by atoms with van der Waals surface area (Å²) in [6.07, 6.45) is 2.26. The average Bonchev–Trinajstić information content (AvgIpc) is 2.05. The number of carbonyl (C=O) groups is 1. The Morgan fingerprint density at radius 1 is 1.33 bits per heavy atom. The fourth-order valence-electron chi connectivity index (χ4n) is 0.967. The van der Waals surface area contributed by atoms with E-state index in [4.69, 9.17) is 0 Å². The molecule has 0 heterocycles. The number of nitrogens with one attached hydrogen (secondary N) is 1. The van der Waals surface area contributed by atoms with Crippen molar-refractivity contribution in [3.8, 4) is 0 Å². The van der Waals surface area contributed by atoms with Gasteiger partial charge in [-0.25, -0.2) is 4.79 Å². The first-order chi connectivity index (χ1) is 5.61. The van der Waals surface area contributed by atoms with Crippen LogP contribution < -0.4 is 5.32 Å². The van der Waals surface area contributed by atoms with Crippen LogP contribution in [0.5, 0.6) is 0 Å². The molecule has 0 atom stereocenters. The van der Waals surface area contributed by atoms with E-state index in [-0.39, 0.29) is 6.03 Å². The number of carbonyl (C=O) groups excluding carboxylic acids is 1.